The fourth-order valence-corrected chi connectivity index (χ4v) is 7.58. The molecule has 0 bridgehead atoms. The van der Waals surface area contributed by atoms with Crippen LogP contribution in [0.1, 0.15) is 42.1 Å². The van der Waals surface area contributed by atoms with E-state index in [1.165, 1.54) is 45.0 Å². The van der Waals surface area contributed by atoms with E-state index in [1.54, 1.807) is 31.2 Å². The van der Waals surface area contributed by atoms with E-state index in [4.69, 9.17) is 0 Å². The van der Waals surface area contributed by atoms with Crippen LogP contribution in [0.4, 0.5) is 11.4 Å². The van der Waals surface area contributed by atoms with E-state index in [9.17, 15) is 21.6 Å². The molecule has 1 fully saturated rings. The summed E-state index contributed by atoms with van der Waals surface area (Å²) in [5, 5.41) is 2.71. The van der Waals surface area contributed by atoms with E-state index in [-0.39, 0.29) is 21.9 Å². The van der Waals surface area contributed by atoms with Crippen molar-refractivity contribution < 1.29 is 21.6 Å². The van der Waals surface area contributed by atoms with E-state index in [2.05, 4.69) is 5.32 Å². The summed E-state index contributed by atoms with van der Waals surface area (Å²) in [5.41, 5.74) is 1.85. The van der Waals surface area contributed by atoms with Gasteiger partial charge >= 0.3 is 0 Å². The Bertz CT molecular complexity index is 1500. The number of carbonyl (C=O) groups excluding carboxylic acids is 1. The molecule has 3 aromatic rings. The minimum atomic E-state index is -3.93. The largest absolute Gasteiger partial charge is 0.322 e. The lowest BCUT2D eigenvalue weighted by atomic mass is 10.2. The average Bonchev–Trinajstić information content (AvgIpc) is 2.91. The van der Waals surface area contributed by atoms with Gasteiger partial charge < -0.3 is 5.32 Å². The molecule has 3 aromatic carbocycles. The van der Waals surface area contributed by atoms with E-state index in [1.807, 2.05) is 19.1 Å². The summed E-state index contributed by atoms with van der Waals surface area (Å²) in [4.78, 5) is 13.1. The molecule has 0 aliphatic carbocycles. The van der Waals surface area contributed by atoms with Crippen molar-refractivity contribution in [2.45, 2.75) is 42.9 Å². The maximum atomic E-state index is 13.5. The van der Waals surface area contributed by atoms with E-state index >= 15 is 0 Å². The summed E-state index contributed by atoms with van der Waals surface area (Å²) in [6, 6.07) is 19.2. The predicted octanol–water partition coefficient (Wildman–Crippen LogP) is 4.64. The van der Waals surface area contributed by atoms with Crippen LogP contribution < -0.4 is 9.62 Å². The van der Waals surface area contributed by atoms with E-state index in [0.717, 1.165) is 24.8 Å². The van der Waals surface area contributed by atoms with Crippen LogP contribution in [-0.4, -0.2) is 46.7 Å². The molecule has 0 unspecified atom stereocenters. The number of carbonyl (C=O) groups is 1. The van der Waals surface area contributed by atoms with Crippen molar-refractivity contribution in [1.29, 1.82) is 0 Å². The fourth-order valence-electron chi connectivity index (χ4n) is 4.43. The van der Waals surface area contributed by atoms with Gasteiger partial charge in [0.2, 0.25) is 10.0 Å². The Morgan fingerprint density at radius 1 is 0.865 bits per heavy atom. The Morgan fingerprint density at radius 3 is 2.24 bits per heavy atom. The van der Waals surface area contributed by atoms with Crippen molar-refractivity contribution in [3.05, 3.63) is 83.9 Å². The first-order chi connectivity index (χ1) is 17.6. The number of amides is 1. The number of anilines is 2. The smallest absolute Gasteiger partial charge is 0.264 e. The second-order valence-corrected chi connectivity index (χ2v) is 12.7. The van der Waals surface area contributed by atoms with Crippen LogP contribution in [0.5, 0.6) is 0 Å². The number of sulfonamides is 2. The van der Waals surface area contributed by atoms with Crippen molar-refractivity contribution >= 4 is 37.3 Å². The van der Waals surface area contributed by atoms with E-state index in [0.29, 0.717) is 24.5 Å². The molecule has 10 heteroatoms. The van der Waals surface area contributed by atoms with Crippen LogP contribution in [0, 0.1) is 6.92 Å². The highest BCUT2D eigenvalue weighted by molar-refractivity contribution is 7.92. The number of hydrogen-bond acceptors (Lipinski definition) is 5. The van der Waals surface area contributed by atoms with Gasteiger partial charge in [-0.2, -0.15) is 4.31 Å². The third-order valence-corrected chi connectivity index (χ3v) is 10.2. The highest BCUT2D eigenvalue weighted by atomic mass is 32.2. The zero-order valence-corrected chi connectivity index (χ0v) is 22.6. The Labute approximate surface area is 219 Å². The number of rotatable bonds is 8. The highest BCUT2D eigenvalue weighted by Gasteiger charge is 2.27. The van der Waals surface area contributed by atoms with Gasteiger partial charge in [-0.15, -0.1) is 0 Å². The normalized spacial score (nSPS) is 14.8. The Hall–Kier alpha value is -3.21. The number of piperidine rings is 1. The molecule has 1 amide bonds. The molecule has 1 aliphatic rings. The second kappa shape index (κ2) is 11.0. The van der Waals surface area contributed by atoms with E-state index < -0.39 is 26.0 Å². The van der Waals surface area contributed by atoms with Crippen molar-refractivity contribution in [3.63, 3.8) is 0 Å². The first kappa shape index (κ1) is 26.8. The molecule has 0 saturated carbocycles. The molecule has 0 spiro atoms. The fraction of sp³-hybridized carbons (Fsp3) is 0.296. The lowest BCUT2D eigenvalue weighted by Crippen LogP contribution is -2.35. The number of nitrogens with zero attached hydrogens (tertiary/aromatic N) is 2. The number of aryl methyl sites for hydroxylation is 1. The Balaban J connectivity index is 1.57. The van der Waals surface area contributed by atoms with Crippen LogP contribution in [0.3, 0.4) is 0 Å². The molecule has 1 heterocycles. The van der Waals surface area contributed by atoms with Crippen molar-refractivity contribution in [3.8, 4) is 0 Å². The molecule has 1 saturated heterocycles. The predicted molar refractivity (Wildman–Crippen MR) is 145 cm³/mol. The first-order valence-electron chi connectivity index (χ1n) is 12.2. The molecule has 0 atom stereocenters. The maximum Gasteiger partial charge on any atom is 0.264 e. The molecule has 1 N–H and O–H groups in total. The SMILES string of the molecule is CCN(c1ccccc1C)S(=O)(=O)c1cccc(C(=O)Nc2cccc(S(=O)(=O)N3CCCCC3)c2)c1. The summed E-state index contributed by atoms with van der Waals surface area (Å²) in [7, 11) is -7.58. The number of hydrogen-bond donors (Lipinski definition) is 1. The summed E-state index contributed by atoms with van der Waals surface area (Å²) in [5.74, 6) is -0.538. The third-order valence-electron chi connectivity index (χ3n) is 6.40. The molecule has 0 aromatic heterocycles. The van der Waals surface area contributed by atoms with Gasteiger partial charge in [-0.1, -0.05) is 36.8 Å². The molecule has 0 radical (unpaired) electrons. The molecular weight excluding hydrogens is 510 g/mol. The van der Waals surface area contributed by atoms with Gasteiger partial charge in [-0.25, -0.2) is 16.8 Å². The highest BCUT2D eigenvalue weighted by Crippen LogP contribution is 2.27. The molecule has 1 aliphatic heterocycles. The van der Waals surface area contributed by atoms with Gasteiger partial charge in [0.15, 0.2) is 0 Å². The van der Waals surface area contributed by atoms with Crippen LogP contribution in [0.2, 0.25) is 0 Å². The summed E-state index contributed by atoms with van der Waals surface area (Å²) < 4.78 is 55.8. The summed E-state index contributed by atoms with van der Waals surface area (Å²) in [6.45, 7) is 4.79. The zero-order valence-electron chi connectivity index (χ0n) is 20.9. The van der Waals surface area contributed by atoms with Gasteiger partial charge in [0.05, 0.1) is 15.5 Å². The molecule has 37 heavy (non-hydrogen) atoms. The number of nitrogens with one attached hydrogen (secondary N) is 1. The van der Waals surface area contributed by atoms with Gasteiger partial charge in [-0.05, 0) is 74.7 Å². The van der Waals surface area contributed by atoms with Crippen LogP contribution in [0.25, 0.3) is 0 Å². The van der Waals surface area contributed by atoms with Gasteiger partial charge in [0.1, 0.15) is 0 Å². The zero-order chi connectivity index (χ0) is 26.6. The Morgan fingerprint density at radius 2 is 1.54 bits per heavy atom. The topological polar surface area (TPSA) is 104 Å². The summed E-state index contributed by atoms with van der Waals surface area (Å²) in [6.07, 6.45) is 2.67. The minimum absolute atomic E-state index is 0.00770. The monoisotopic (exact) mass is 541 g/mol. The molecule has 8 nitrogen and oxygen atoms in total. The van der Waals surface area contributed by atoms with Crippen molar-refractivity contribution in [1.82, 2.24) is 4.31 Å². The third kappa shape index (κ3) is 5.71. The van der Waals surface area contributed by atoms with Crippen LogP contribution in [-0.2, 0) is 20.0 Å². The number of benzene rings is 3. The molecule has 4 rings (SSSR count). The van der Waals surface area contributed by atoms with Crippen LogP contribution in [0.15, 0.2) is 82.6 Å². The van der Waals surface area contributed by atoms with Gasteiger partial charge in [0, 0.05) is 30.9 Å². The standard InChI is InChI=1S/C27H31N3O5S2/c1-3-30(26-16-6-5-11-21(26)2)37(34,35)24-14-9-12-22(19-24)27(31)28-23-13-10-15-25(20-23)36(32,33)29-17-7-4-8-18-29/h5-6,9-16,19-20H,3-4,7-8,17-18H2,1-2H3,(H,28,31). The first-order valence-corrected chi connectivity index (χ1v) is 15.1. The number of para-hydroxylation sites is 1. The molecule has 196 valence electrons. The summed E-state index contributed by atoms with van der Waals surface area (Å²) >= 11 is 0. The molecular formula is C27H31N3O5S2. The minimum Gasteiger partial charge on any atom is -0.322 e. The lowest BCUT2D eigenvalue weighted by Gasteiger charge is -2.26. The van der Waals surface area contributed by atoms with Gasteiger partial charge in [-0.3, -0.25) is 9.10 Å². The lowest BCUT2D eigenvalue weighted by molar-refractivity contribution is 0.102. The van der Waals surface area contributed by atoms with Crippen molar-refractivity contribution in [2.75, 3.05) is 29.3 Å². The average molecular weight is 542 g/mol. The van der Waals surface area contributed by atoms with Crippen molar-refractivity contribution in [2.24, 2.45) is 0 Å². The quantitative estimate of drug-likeness (QED) is 0.448. The Kier molecular flexibility index (Phi) is 8.01. The maximum absolute atomic E-state index is 13.5. The second-order valence-electron chi connectivity index (χ2n) is 8.93. The van der Waals surface area contributed by atoms with Gasteiger partial charge in [0.25, 0.3) is 15.9 Å². The van der Waals surface area contributed by atoms with Crippen LogP contribution >= 0.6 is 0 Å².